The number of phenolic OH excluding ortho intramolecular Hbond substituents is 1. The van der Waals surface area contributed by atoms with E-state index in [9.17, 15) is 9.90 Å². The molecule has 0 unspecified atom stereocenters. The minimum absolute atomic E-state index is 0.165. The van der Waals surface area contributed by atoms with Gasteiger partial charge in [-0.3, -0.25) is 4.79 Å². The molecule has 6 heteroatoms. The van der Waals surface area contributed by atoms with Crippen LogP contribution in [0.2, 0.25) is 5.02 Å². The number of nitrogens with zero attached hydrogens (tertiary/aromatic N) is 1. The van der Waals surface area contributed by atoms with Crippen LogP contribution >= 0.6 is 11.6 Å². The number of carbonyl (C=O) groups is 1. The van der Waals surface area contributed by atoms with Crippen LogP contribution in [-0.4, -0.2) is 40.7 Å². The summed E-state index contributed by atoms with van der Waals surface area (Å²) in [6, 6.07) is 3.04. The highest BCUT2D eigenvalue weighted by atomic mass is 35.5. The van der Waals surface area contributed by atoms with Gasteiger partial charge in [-0.05, 0) is 43.4 Å². The molecule has 0 radical (unpaired) electrons. The zero-order valence-electron chi connectivity index (χ0n) is 12.1. The van der Waals surface area contributed by atoms with Gasteiger partial charge < -0.3 is 20.8 Å². The standard InChI is InChI=1S/C15H21ClN2O3/c1-9-6-13(20)11(7-12(9)16)15(17)10-2-4-18(5-3-10)14(21)8-19/h6-7,10,15,19-20H,2-5,8,17H2,1H3/t15-/m1/s1. The minimum Gasteiger partial charge on any atom is -0.508 e. The van der Waals surface area contributed by atoms with E-state index in [1.807, 2.05) is 6.92 Å². The normalized spacial score (nSPS) is 17.8. The van der Waals surface area contributed by atoms with E-state index in [4.69, 9.17) is 22.4 Å². The zero-order valence-corrected chi connectivity index (χ0v) is 12.8. The lowest BCUT2D eigenvalue weighted by Gasteiger charge is -2.34. The number of rotatable bonds is 3. The third kappa shape index (κ3) is 3.48. The molecular weight excluding hydrogens is 292 g/mol. The topological polar surface area (TPSA) is 86.8 Å². The highest BCUT2D eigenvalue weighted by molar-refractivity contribution is 6.31. The van der Waals surface area contributed by atoms with Crippen molar-refractivity contribution in [3.8, 4) is 5.75 Å². The van der Waals surface area contributed by atoms with E-state index in [0.717, 1.165) is 18.4 Å². The number of aryl methyl sites for hydroxylation is 1. The first-order valence-electron chi connectivity index (χ1n) is 7.07. The molecule has 1 atom stereocenters. The molecule has 1 fully saturated rings. The fourth-order valence-electron chi connectivity index (χ4n) is 2.81. The molecule has 116 valence electrons. The summed E-state index contributed by atoms with van der Waals surface area (Å²) in [5, 5.41) is 19.5. The molecular formula is C15H21ClN2O3. The van der Waals surface area contributed by atoms with Gasteiger partial charge in [0.2, 0.25) is 5.91 Å². The van der Waals surface area contributed by atoms with E-state index < -0.39 is 6.61 Å². The molecule has 0 aliphatic carbocycles. The predicted molar refractivity (Wildman–Crippen MR) is 81.2 cm³/mol. The Labute approximate surface area is 129 Å². The highest BCUT2D eigenvalue weighted by Crippen LogP contribution is 2.36. The number of carbonyl (C=O) groups excluding carboxylic acids is 1. The summed E-state index contributed by atoms with van der Waals surface area (Å²) in [6.45, 7) is 2.54. The van der Waals surface area contributed by atoms with Gasteiger partial charge in [-0.25, -0.2) is 0 Å². The Bertz CT molecular complexity index is 528. The van der Waals surface area contributed by atoms with Crippen molar-refractivity contribution in [2.45, 2.75) is 25.8 Å². The summed E-state index contributed by atoms with van der Waals surface area (Å²) in [6.07, 6.45) is 1.50. The first-order valence-corrected chi connectivity index (χ1v) is 7.45. The Hall–Kier alpha value is -1.30. The molecule has 2 rings (SSSR count). The van der Waals surface area contributed by atoms with Gasteiger partial charge in [0.1, 0.15) is 12.4 Å². The van der Waals surface area contributed by atoms with E-state index in [0.29, 0.717) is 23.7 Å². The number of likely N-dealkylation sites (tertiary alicyclic amines) is 1. The van der Waals surface area contributed by atoms with Crippen LogP contribution in [0.3, 0.4) is 0 Å². The van der Waals surface area contributed by atoms with Crippen molar-refractivity contribution < 1.29 is 15.0 Å². The number of aromatic hydroxyl groups is 1. The first-order chi connectivity index (χ1) is 9.93. The molecule has 0 aromatic heterocycles. The molecule has 1 aromatic rings. The van der Waals surface area contributed by atoms with Crippen LogP contribution in [0.15, 0.2) is 12.1 Å². The smallest absolute Gasteiger partial charge is 0.248 e. The zero-order chi connectivity index (χ0) is 15.6. The molecule has 1 amide bonds. The average Bonchev–Trinajstić information content (AvgIpc) is 2.49. The lowest BCUT2D eigenvalue weighted by molar-refractivity contribution is -0.135. The number of nitrogens with two attached hydrogens (primary N) is 1. The fourth-order valence-corrected chi connectivity index (χ4v) is 2.98. The number of hydrogen-bond acceptors (Lipinski definition) is 4. The van der Waals surface area contributed by atoms with Crippen LogP contribution in [0.5, 0.6) is 5.75 Å². The van der Waals surface area contributed by atoms with E-state index in [-0.39, 0.29) is 23.6 Å². The number of amides is 1. The van der Waals surface area contributed by atoms with E-state index >= 15 is 0 Å². The van der Waals surface area contributed by atoms with Crippen LogP contribution in [0.4, 0.5) is 0 Å². The number of halogens is 1. The Morgan fingerprint density at radius 1 is 1.48 bits per heavy atom. The SMILES string of the molecule is Cc1cc(O)c([C@H](N)C2CCN(C(=O)CO)CC2)cc1Cl. The number of hydrogen-bond donors (Lipinski definition) is 3. The molecule has 1 heterocycles. The van der Waals surface area contributed by atoms with Gasteiger partial charge in [0.15, 0.2) is 0 Å². The number of piperidine rings is 1. The second-order valence-electron chi connectivity index (χ2n) is 5.56. The van der Waals surface area contributed by atoms with E-state index in [1.165, 1.54) is 0 Å². The predicted octanol–water partition coefficient (Wildman–Crippen LogP) is 1.58. The van der Waals surface area contributed by atoms with Crippen molar-refractivity contribution in [1.82, 2.24) is 4.90 Å². The molecule has 0 bridgehead atoms. The molecule has 21 heavy (non-hydrogen) atoms. The number of aliphatic hydroxyl groups excluding tert-OH is 1. The molecule has 1 aromatic carbocycles. The van der Waals surface area contributed by atoms with Crippen molar-refractivity contribution in [1.29, 1.82) is 0 Å². The fraction of sp³-hybridized carbons (Fsp3) is 0.533. The van der Waals surface area contributed by atoms with Crippen LogP contribution in [0, 0.1) is 12.8 Å². The molecule has 1 aliphatic rings. The van der Waals surface area contributed by atoms with Crippen molar-refractivity contribution in [2.24, 2.45) is 11.7 Å². The monoisotopic (exact) mass is 312 g/mol. The molecule has 1 aliphatic heterocycles. The third-order valence-corrected chi connectivity index (χ3v) is 4.61. The summed E-state index contributed by atoms with van der Waals surface area (Å²) >= 11 is 6.10. The van der Waals surface area contributed by atoms with Gasteiger partial charge in [-0.2, -0.15) is 0 Å². The first kappa shape index (κ1) is 16.1. The van der Waals surface area contributed by atoms with Gasteiger partial charge in [0.25, 0.3) is 0 Å². The molecule has 1 saturated heterocycles. The van der Waals surface area contributed by atoms with Gasteiger partial charge in [0.05, 0.1) is 0 Å². The van der Waals surface area contributed by atoms with E-state index in [2.05, 4.69) is 0 Å². The number of aliphatic hydroxyl groups is 1. The molecule has 5 nitrogen and oxygen atoms in total. The van der Waals surface area contributed by atoms with Gasteiger partial charge in [0, 0.05) is 29.7 Å². The maximum Gasteiger partial charge on any atom is 0.248 e. The summed E-state index contributed by atoms with van der Waals surface area (Å²) in [7, 11) is 0. The van der Waals surface area contributed by atoms with Crippen molar-refractivity contribution in [3.05, 3.63) is 28.3 Å². The Morgan fingerprint density at radius 3 is 2.67 bits per heavy atom. The van der Waals surface area contributed by atoms with Gasteiger partial charge >= 0.3 is 0 Å². The molecule has 4 N–H and O–H groups in total. The number of benzene rings is 1. The second-order valence-corrected chi connectivity index (χ2v) is 5.97. The van der Waals surface area contributed by atoms with Crippen LogP contribution in [0.1, 0.15) is 30.0 Å². The highest BCUT2D eigenvalue weighted by Gasteiger charge is 2.28. The maximum absolute atomic E-state index is 11.4. The van der Waals surface area contributed by atoms with Gasteiger partial charge in [-0.15, -0.1) is 0 Å². The summed E-state index contributed by atoms with van der Waals surface area (Å²) in [5.74, 6) is 0.0962. The van der Waals surface area contributed by atoms with Crippen LogP contribution < -0.4 is 5.73 Å². The maximum atomic E-state index is 11.4. The Morgan fingerprint density at radius 2 is 2.10 bits per heavy atom. The Balaban J connectivity index is 2.07. The van der Waals surface area contributed by atoms with Crippen LogP contribution in [-0.2, 0) is 4.79 Å². The lowest BCUT2D eigenvalue weighted by atomic mass is 9.85. The quantitative estimate of drug-likeness (QED) is 0.791. The van der Waals surface area contributed by atoms with Crippen LogP contribution in [0.25, 0.3) is 0 Å². The molecule has 0 saturated carbocycles. The molecule has 0 spiro atoms. The van der Waals surface area contributed by atoms with Crippen molar-refractivity contribution in [2.75, 3.05) is 19.7 Å². The minimum atomic E-state index is -0.453. The second kappa shape index (κ2) is 6.64. The Kier molecular flexibility index (Phi) is 5.08. The number of phenols is 1. The third-order valence-electron chi connectivity index (χ3n) is 4.20. The summed E-state index contributed by atoms with van der Waals surface area (Å²) in [5.41, 5.74) is 7.74. The van der Waals surface area contributed by atoms with Gasteiger partial charge in [-0.1, -0.05) is 11.6 Å². The lowest BCUT2D eigenvalue weighted by Crippen LogP contribution is -2.42. The summed E-state index contributed by atoms with van der Waals surface area (Å²) in [4.78, 5) is 13.1. The largest absolute Gasteiger partial charge is 0.508 e. The van der Waals surface area contributed by atoms with E-state index in [1.54, 1.807) is 17.0 Å². The van der Waals surface area contributed by atoms with Crippen molar-refractivity contribution in [3.63, 3.8) is 0 Å². The average molecular weight is 313 g/mol. The summed E-state index contributed by atoms with van der Waals surface area (Å²) < 4.78 is 0. The van der Waals surface area contributed by atoms with Crippen molar-refractivity contribution >= 4 is 17.5 Å².